The molecular formula is C12H11Cl2NO2. The maximum Gasteiger partial charge on any atom is 0.134 e. The normalized spacial score (nSPS) is 12.4. The van der Waals surface area contributed by atoms with Crippen molar-refractivity contribution in [3.05, 3.63) is 52.4 Å². The number of aliphatic hydroxyl groups is 1. The molecule has 5 heteroatoms. The minimum atomic E-state index is -0.722. The Morgan fingerprint density at radius 1 is 1.24 bits per heavy atom. The highest BCUT2D eigenvalue weighted by Crippen LogP contribution is 2.29. The predicted molar refractivity (Wildman–Crippen MR) is 68.6 cm³/mol. The number of halogens is 2. The SMILES string of the molecule is OC(CNc1cccc(Cl)c1Cl)c1ccco1. The van der Waals surface area contributed by atoms with Gasteiger partial charge in [-0.25, -0.2) is 0 Å². The van der Waals surface area contributed by atoms with Crippen LogP contribution in [0.1, 0.15) is 11.9 Å². The van der Waals surface area contributed by atoms with E-state index in [4.69, 9.17) is 27.6 Å². The van der Waals surface area contributed by atoms with Crippen molar-refractivity contribution in [1.29, 1.82) is 0 Å². The van der Waals surface area contributed by atoms with Gasteiger partial charge in [0.1, 0.15) is 11.9 Å². The number of anilines is 1. The largest absolute Gasteiger partial charge is 0.467 e. The molecule has 1 heterocycles. The van der Waals surface area contributed by atoms with Gasteiger partial charge < -0.3 is 14.8 Å². The molecule has 0 fully saturated rings. The summed E-state index contributed by atoms with van der Waals surface area (Å²) in [7, 11) is 0. The topological polar surface area (TPSA) is 45.4 Å². The molecule has 0 saturated carbocycles. The van der Waals surface area contributed by atoms with Crippen LogP contribution in [0.4, 0.5) is 5.69 Å². The summed E-state index contributed by atoms with van der Waals surface area (Å²) in [5.41, 5.74) is 0.685. The minimum absolute atomic E-state index is 0.299. The van der Waals surface area contributed by atoms with E-state index in [1.807, 2.05) is 0 Å². The predicted octanol–water partition coefficient (Wildman–Crippen LogP) is 3.73. The standard InChI is InChI=1S/C12H11Cl2NO2/c13-8-3-1-4-9(12(8)14)15-7-10(16)11-5-2-6-17-11/h1-6,10,15-16H,7H2. The number of benzene rings is 1. The number of hydrogen-bond donors (Lipinski definition) is 2. The van der Waals surface area contributed by atoms with Gasteiger partial charge >= 0.3 is 0 Å². The number of furan rings is 1. The quantitative estimate of drug-likeness (QED) is 0.891. The highest BCUT2D eigenvalue weighted by Gasteiger charge is 2.11. The van der Waals surface area contributed by atoms with Gasteiger partial charge in [0, 0.05) is 6.54 Å². The number of hydrogen-bond acceptors (Lipinski definition) is 3. The van der Waals surface area contributed by atoms with Crippen LogP contribution >= 0.6 is 23.2 Å². The lowest BCUT2D eigenvalue weighted by Crippen LogP contribution is -2.11. The van der Waals surface area contributed by atoms with Crippen LogP contribution in [-0.2, 0) is 0 Å². The third-order valence-electron chi connectivity index (χ3n) is 2.31. The van der Waals surface area contributed by atoms with E-state index in [1.165, 1.54) is 6.26 Å². The molecule has 17 heavy (non-hydrogen) atoms. The van der Waals surface area contributed by atoms with Gasteiger partial charge in [0.05, 0.1) is 22.0 Å². The second-order valence-corrected chi connectivity index (χ2v) is 4.30. The minimum Gasteiger partial charge on any atom is -0.467 e. The van der Waals surface area contributed by atoms with Gasteiger partial charge in [-0.2, -0.15) is 0 Å². The lowest BCUT2D eigenvalue weighted by atomic mass is 10.2. The molecule has 1 aromatic carbocycles. The zero-order chi connectivity index (χ0) is 12.3. The van der Waals surface area contributed by atoms with Gasteiger partial charge in [-0.15, -0.1) is 0 Å². The fourth-order valence-electron chi connectivity index (χ4n) is 1.43. The maximum absolute atomic E-state index is 9.80. The van der Waals surface area contributed by atoms with Crippen molar-refractivity contribution in [3.8, 4) is 0 Å². The van der Waals surface area contributed by atoms with Gasteiger partial charge in [-0.3, -0.25) is 0 Å². The second kappa shape index (κ2) is 5.45. The van der Waals surface area contributed by atoms with Gasteiger partial charge in [-0.05, 0) is 24.3 Å². The van der Waals surface area contributed by atoms with E-state index < -0.39 is 6.10 Å². The molecule has 0 aliphatic rings. The first-order valence-electron chi connectivity index (χ1n) is 5.08. The highest BCUT2D eigenvalue weighted by atomic mass is 35.5. The van der Waals surface area contributed by atoms with Crippen LogP contribution in [0, 0.1) is 0 Å². The lowest BCUT2D eigenvalue weighted by Gasteiger charge is -2.12. The zero-order valence-corrected chi connectivity index (χ0v) is 10.4. The Morgan fingerprint density at radius 2 is 2.06 bits per heavy atom. The van der Waals surface area contributed by atoms with E-state index >= 15 is 0 Å². The molecule has 0 aliphatic carbocycles. The summed E-state index contributed by atoms with van der Waals surface area (Å²) in [5, 5.41) is 13.7. The van der Waals surface area contributed by atoms with Crippen molar-refractivity contribution < 1.29 is 9.52 Å². The Morgan fingerprint density at radius 3 is 2.76 bits per heavy atom. The molecule has 0 aliphatic heterocycles. The van der Waals surface area contributed by atoms with Gasteiger partial charge in [0.2, 0.25) is 0 Å². The van der Waals surface area contributed by atoms with E-state index in [2.05, 4.69) is 5.32 Å². The molecular weight excluding hydrogens is 261 g/mol. The molecule has 0 saturated heterocycles. The Labute approximate surface area is 109 Å². The van der Waals surface area contributed by atoms with Crippen molar-refractivity contribution in [2.75, 3.05) is 11.9 Å². The van der Waals surface area contributed by atoms with Crippen LogP contribution in [0.25, 0.3) is 0 Å². The van der Waals surface area contributed by atoms with Crippen LogP contribution < -0.4 is 5.32 Å². The average molecular weight is 272 g/mol. The summed E-state index contributed by atoms with van der Waals surface area (Å²) >= 11 is 11.9. The summed E-state index contributed by atoms with van der Waals surface area (Å²) in [5.74, 6) is 0.510. The fourth-order valence-corrected chi connectivity index (χ4v) is 1.80. The van der Waals surface area contributed by atoms with Crippen LogP contribution in [-0.4, -0.2) is 11.7 Å². The van der Waals surface area contributed by atoms with E-state index in [9.17, 15) is 5.11 Å². The smallest absolute Gasteiger partial charge is 0.134 e. The molecule has 1 unspecified atom stereocenters. The van der Waals surface area contributed by atoms with Gasteiger partial charge in [0.25, 0.3) is 0 Å². The number of nitrogens with one attached hydrogen (secondary N) is 1. The molecule has 2 rings (SSSR count). The summed E-state index contributed by atoms with van der Waals surface area (Å²) in [4.78, 5) is 0. The van der Waals surface area contributed by atoms with Crippen LogP contribution in [0.15, 0.2) is 41.0 Å². The van der Waals surface area contributed by atoms with Crippen molar-refractivity contribution in [3.63, 3.8) is 0 Å². The Bertz CT molecular complexity index is 485. The first-order valence-corrected chi connectivity index (χ1v) is 5.83. The van der Waals surface area contributed by atoms with E-state index in [-0.39, 0.29) is 0 Å². The molecule has 1 aromatic heterocycles. The van der Waals surface area contributed by atoms with E-state index in [0.717, 1.165) is 0 Å². The second-order valence-electron chi connectivity index (χ2n) is 3.51. The van der Waals surface area contributed by atoms with E-state index in [0.29, 0.717) is 28.0 Å². The third-order valence-corrected chi connectivity index (χ3v) is 3.13. The van der Waals surface area contributed by atoms with Crippen LogP contribution in [0.3, 0.4) is 0 Å². The molecule has 2 aromatic rings. The van der Waals surface area contributed by atoms with Gasteiger partial charge in [-0.1, -0.05) is 29.3 Å². The lowest BCUT2D eigenvalue weighted by molar-refractivity contribution is 0.162. The molecule has 0 radical (unpaired) electrons. The van der Waals surface area contributed by atoms with Crippen LogP contribution in [0.2, 0.25) is 10.0 Å². The summed E-state index contributed by atoms with van der Waals surface area (Å²) in [6, 6.07) is 8.73. The van der Waals surface area contributed by atoms with E-state index in [1.54, 1.807) is 30.3 Å². The molecule has 3 nitrogen and oxygen atoms in total. The van der Waals surface area contributed by atoms with Crippen molar-refractivity contribution in [2.24, 2.45) is 0 Å². The summed E-state index contributed by atoms with van der Waals surface area (Å²) in [6.45, 7) is 0.299. The molecule has 2 N–H and O–H groups in total. The molecule has 1 atom stereocenters. The highest BCUT2D eigenvalue weighted by molar-refractivity contribution is 6.43. The Hall–Kier alpha value is -1.16. The van der Waals surface area contributed by atoms with Crippen molar-refractivity contribution >= 4 is 28.9 Å². The van der Waals surface area contributed by atoms with Crippen LogP contribution in [0.5, 0.6) is 0 Å². The number of rotatable bonds is 4. The molecule has 0 bridgehead atoms. The first-order chi connectivity index (χ1) is 8.18. The Balaban J connectivity index is 2.00. The summed E-state index contributed by atoms with van der Waals surface area (Å²) < 4.78 is 5.09. The van der Waals surface area contributed by atoms with Crippen molar-refractivity contribution in [2.45, 2.75) is 6.10 Å². The first kappa shape index (κ1) is 12.3. The molecule has 0 spiro atoms. The number of aliphatic hydroxyl groups excluding tert-OH is 1. The molecule has 90 valence electrons. The monoisotopic (exact) mass is 271 g/mol. The third kappa shape index (κ3) is 2.94. The van der Waals surface area contributed by atoms with Gasteiger partial charge in [0.15, 0.2) is 0 Å². The maximum atomic E-state index is 9.80. The Kier molecular flexibility index (Phi) is 3.94. The summed E-state index contributed by atoms with van der Waals surface area (Å²) in [6.07, 6.45) is 0.797. The van der Waals surface area contributed by atoms with Crippen molar-refractivity contribution in [1.82, 2.24) is 0 Å². The zero-order valence-electron chi connectivity index (χ0n) is 8.86. The fraction of sp³-hybridized carbons (Fsp3) is 0.167. The molecule has 0 amide bonds. The average Bonchev–Trinajstić information content (AvgIpc) is 2.84.